The highest BCUT2D eigenvalue weighted by molar-refractivity contribution is 5.69. The molecule has 1 atom stereocenters. The molecule has 0 rings (SSSR count). The van der Waals surface area contributed by atoms with E-state index in [1.165, 1.54) is 109 Å². The summed E-state index contributed by atoms with van der Waals surface area (Å²) in [6.45, 7) is 5.18. The first-order valence-electron chi connectivity index (χ1n) is 19.9. The normalized spacial score (nSPS) is 13.0. The summed E-state index contributed by atoms with van der Waals surface area (Å²) in [5.74, 6) is -0.242. The number of aliphatic hydroxyl groups excluding tert-OH is 1. The quantitative estimate of drug-likeness (QED) is 0.0414. The first kappa shape index (κ1) is 45.1. The van der Waals surface area contributed by atoms with Crippen LogP contribution < -0.4 is 0 Å². The minimum atomic E-state index is -0.557. The summed E-state index contributed by atoms with van der Waals surface area (Å²) in [4.78, 5) is 12.1. The van der Waals surface area contributed by atoms with Crippen LogP contribution in [0.15, 0.2) is 60.8 Å². The number of unbranched alkanes of at least 4 members (excludes halogenated alkanes) is 18. The van der Waals surface area contributed by atoms with Crippen LogP contribution in [-0.4, -0.2) is 37.0 Å². The molecule has 0 heterocycles. The average Bonchev–Trinajstić information content (AvgIpc) is 3.08. The lowest BCUT2D eigenvalue weighted by Crippen LogP contribution is -2.27. The number of aliphatic hydroxyl groups is 1. The van der Waals surface area contributed by atoms with E-state index in [1.807, 2.05) is 0 Å². The lowest BCUT2D eigenvalue weighted by atomic mass is 10.1. The van der Waals surface area contributed by atoms with Gasteiger partial charge in [-0.3, -0.25) is 4.79 Å². The van der Waals surface area contributed by atoms with Crippen molar-refractivity contribution in [3.8, 4) is 0 Å². The van der Waals surface area contributed by atoms with Gasteiger partial charge < -0.3 is 14.6 Å². The number of carbonyl (C=O) groups excluding carboxylic acids is 1. The van der Waals surface area contributed by atoms with Gasteiger partial charge in [-0.1, -0.05) is 158 Å². The van der Waals surface area contributed by atoms with Crippen molar-refractivity contribution < 1.29 is 19.4 Å². The van der Waals surface area contributed by atoms with E-state index in [0.717, 1.165) is 51.4 Å². The highest BCUT2D eigenvalue weighted by Gasteiger charge is 2.13. The van der Waals surface area contributed by atoms with Crippen molar-refractivity contribution >= 4 is 5.97 Å². The number of hydrogen-bond donors (Lipinski definition) is 1. The molecule has 0 amide bonds. The molecular weight excluding hydrogens is 580 g/mol. The topological polar surface area (TPSA) is 55.8 Å². The van der Waals surface area contributed by atoms with Crippen molar-refractivity contribution in [3.05, 3.63) is 60.8 Å². The summed E-state index contributed by atoms with van der Waals surface area (Å²) in [5.41, 5.74) is 0. The molecule has 0 aliphatic heterocycles. The average molecular weight is 657 g/mol. The zero-order chi connectivity index (χ0) is 34.1. The summed E-state index contributed by atoms with van der Waals surface area (Å²) < 4.78 is 11.1. The van der Waals surface area contributed by atoms with Gasteiger partial charge >= 0.3 is 5.97 Å². The molecule has 0 saturated heterocycles. The summed E-state index contributed by atoms with van der Waals surface area (Å²) in [6, 6.07) is 0. The molecule has 0 spiro atoms. The van der Waals surface area contributed by atoms with E-state index in [0.29, 0.717) is 13.0 Å². The Balaban J connectivity index is 3.49. The number of hydrogen-bond acceptors (Lipinski definition) is 4. The molecule has 0 aromatic heterocycles. The van der Waals surface area contributed by atoms with Crippen LogP contribution in [0.5, 0.6) is 0 Å². The highest BCUT2D eigenvalue weighted by Crippen LogP contribution is 2.13. The number of carbonyl (C=O) groups is 1. The van der Waals surface area contributed by atoms with Crippen molar-refractivity contribution in [1.29, 1.82) is 0 Å². The molecule has 0 aliphatic rings. The summed E-state index contributed by atoms with van der Waals surface area (Å²) in [5, 5.41) is 9.57. The Kier molecular flexibility index (Phi) is 38.6. The molecule has 1 N–H and O–H groups in total. The SMILES string of the molecule is CC/C=C\C/C=C\C/C=C\C/C=C\CCCCC(=O)OC(CO)COCCCCCCCCCCCC/C=C\CCCCCCCC. The van der Waals surface area contributed by atoms with Gasteiger partial charge in [-0.2, -0.15) is 0 Å². The fourth-order valence-corrected chi connectivity index (χ4v) is 5.37. The Labute approximate surface area is 292 Å². The van der Waals surface area contributed by atoms with Gasteiger partial charge in [0.15, 0.2) is 0 Å². The van der Waals surface area contributed by atoms with Gasteiger partial charge in [0.1, 0.15) is 6.10 Å². The standard InChI is InChI=1S/C43H76O4/c1-3-5-7-9-11-13-15-17-19-20-21-22-23-25-27-29-31-33-35-37-39-46-41-42(40-44)47-43(45)38-36-34-32-30-28-26-24-18-16-14-12-10-8-6-4-2/h6,8,12,14,17-19,24,28,30,42,44H,3-5,7,9-11,13,15-16,20-23,25-27,29,31-41H2,1-2H3/b8-6-,14-12-,19-17-,24-18-,30-28-. The molecule has 272 valence electrons. The Morgan fingerprint density at radius 1 is 0.532 bits per heavy atom. The second-order valence-corrected chi connectivity index (χ2v) is 13.0. The molecule has 0 aromatic carbocycles. The van der Waals surface area contributed by atoms with E-state index in [9.17, 15) is 9.90 Å². The Morgan fingerprint density at radius 2 is 0.957 bits per heavy atom. The van der Waals surface area contributed by atoms with E-state index < -0.39 is 6.10 Å². The summed E-state index contributed by atoms with van der Waals surface area (Å²) in [6.07, 6.45) is 52.7. The molecule has 0 aliphatic carbocycles. The summed E-state index contributed by atoms with van der Waals surface area (Å²) in [7, 11) is 0. The molecule has 4 heteroatoms. The maximum absolute atomic E-state index is 12.1. The third-order valence-corrected chi connectivity index (χ3v) is 8.33. The zero-order valence-corrected chi connectivity index (χ0v) is 31.0. The number of esters is 1. The first-order chi connectivity index (χ1) is 23.2. The van der Waals surface area contributed by atoms with Crippen molar-refractivity contribution in [2.75, 3.05) is 19.8 Å². The predicted octanol–water partition coefficient (Wildman–Crippen LogP) is 12.9. The molecule has 4 nitrogen and oxygen atoms in total. The Bertz CT molecular complexity index is 779. The molecule has 0 bridgehead atoms. The smallest absolute Gasteiger partial charge is 0.306 e. The van der Waals surface area contributed by atoms with E-state index in [-0.39, 0.29) is 19.2 Å². The van der Waals surface area contributed by atoms with Gasteiger partial charge in [0.05, 0.1) is 13.2 Å². The predicted molar refractivity (Wildman–Crippen MR) is 205 cm³/mol. The lowest BCUT2D eigenvalue weighted by molar-refractivity contribution is -0.154. The largest absolute Gasteiger partial charge is 0.457 e. The van der Waals surface area contributed by atoms with Gasteiger partial charge in [0, 0.05) is 13.0 Å². The van der Waals surface area contributed by atoms with Gasteiger partial charge in [-0.05, 0) is 77.0 Å². The van der Waals surface area contributed by atoms with Crippen molar-refractivity contribution in [2.24, 2.45) is 0 Å². The molecular formula is C43H76O4. The minimum Gasteiger partial charge on any atom is -0.457 e. The van der Waals surface area contributed by atoms with Gasteiger partial charge in [-0.15, -0.1) is 0 Å². The second kappa shape index (κ2) is 40.3. The van der Waals surface area contributed by atoms with Crippen molar-refractivity contribution in [2.45, 2.75) is 187 Å². The molecule has 0 aromatic rings. The molecule has 0 fully saturated rings. The molecule has 0 saturated carbocycles. The maximum Gasteiger partial charge on any atom is 0.306 e. The van der Waals surface area contributed by atoms with Gasteiger partial charge in [-0.25, -0.2) is 0 Å². The van der Waals surface area contributed by atoms with E-state index in [1.54, 1.807) is 0 Å². The lowest BCUT2D eigenvalue weighted by Gasteiger charge is -2.15. The monoisotopic (exact) mass is 657 g/mol. The number of rotatable bonds is 36. The number of ether oxygens (including phenoxy) is 2. The van der Waals surface area contributed by atoms with Crippen LogP contribution in [0.2, 0.25) is 0 Å². The Morgan fingerprint density at radius 3 is 1.47 bits per heavy atom. The third kappa shape index (κ3) is 38.4. The van der Waals surface area contributed by atoms with Crippen LogP contribution in [0.4, 0.5) is 0 Å². The molecule has 1 unspecified atom stereocenters. The van der Waals surface area contributed by atoms with Crippen LogP contribution in [0, 0.1) is 0 Å². The fraction of sp³-hybridized carbons (Fsp3) is 0.744. The van der Waals surface area contributed by atoms with Gasteiger partial charge in [0.2, 0.25) is 0 Å². The highest BCUT2D eigenvalue weighted by atomic mass is 16.6. The van der Waals surface area contributed by atoms with E-state index in [4.69, 9.17) is 9.47 Å². The zero-order valence-electron chi connectivity index (χ0n) is 31.0. The summed E-state index contributed by atoms with van der Waals surface area (Å²) >= 11 is 0. The minimum absolute atomic E-state index is 0.191. The van der Waals surface area contributed by atoms with Crippen LogP contribution in [0.1, 0.15) is 181 Å². The number of allylic oxidation sites excluding steroid dienone is 10. The van der Waals surface area contributed by atoms with E-state index in [2.05, 4.69) is 74.6 Å². The van der Waals surface area contributed by atoms with Crippen LogP contribution in [0.25, 0.3) is 0 Å². The first-order valence-corrected chi connectivity index (χ1v) is 19.9. The van der Waals surface area contributed by atoms with E-state index >= 15 is 0 Å². The second-order valence-electron chi connectivity index (χ2n) is 13.0. The van der Waals surface area contributed by atoms with Crippen molar-refractivity contribution in [3.63, 3.8) is 0 Å². The molecule has 0 radical (unpaired) electrons. The van der Waals surface area contributed by atoms with Crippen LogP contribution >= 0.6 is 0 Å². The molecule has 47 heavy (non-hydrogen) atoms. The van der Waals surface area contributed by atoms with Crippen molar-refractivity contribution in [1.82, 2.24) is 0 Å². The van der Waals surface area contributed by atoms with Crippen LogP contribution in [-0.2, 0) is 14.3 Å². The maximum atomic E-state index is 12.1. The van der Waals surface area contributed by atoms with Gasteiger partial charge in [0.25, 0.3) is 0 Å². The van der Waals surface area contributed by atoms with Crippen LogP contribution in [0.3, 0.4) is 0 Å². The Hall–Kier alpha value is -1.91. The third-order valence-electron chi connectivity index (χ3n) is 8.33. The fourth-order valence-electron chi connectivity index (χ4n) is 5.37.